The van der Waals surface area contributed by atoms with Gasteiger partial charge in [0.1, 0.15) is 0 Å². The average molecular weight is 383 g/mol. The number of hydrogen-bond donors (Lipinski definition) is 1. The van der Waals surface area contributed by atoms with Crippen molar-refractivity contribution in [1.29, 1.82) is 0 Å². The van der Waals surface area contributed by atoms with Gasteiger partial charge < -0.3 is 10.2 Å². The molecule has 2 atom stereocenters. The summed E-state index contributed by atoms with van der Waals surface area (Å²) in [6.45, 7) is 8.43. The van der Waals surface area contributed by atoms with Gasteiger partial charge in [-0.1, -0.05) is 31.5 Å². The predicted octanol–water partition coefficient (Wildman–Crippen LogP) is 4.61. The normalized spacial score (nSPS) is 20.1. The summed E-state index contributed by atoms with van der Waals surface area (Å²) in [5, 5.41) is 4.06. The number of aryl methyl sites for hydroxylation is 1. The minimum Gasteiger partial charge on any atom is -0.340 e. The van der Waals surface area contributed by atoms with Crippen molar-refractivity contribution in [2.45, 2.75) is 27.2 Å². The summed E-state index contributed by atoms with van der Waals surface area (Å²) >= 11 is 6.27. The molecule has 140 valence electrons. The van der Waals surface area contributed by atoms with E-state index in [1.54, 1.807) is 12.4 Å². The van der Waals surface area contributed by atoms with Gasteiger partial charge in [-0.3, -0.25) is 0 Å². The molecule has 0 saturated carbocycles. The maximum absolute atomic E-state index is 6.27. The van der Waals surface area contributed by atoms with Crippen molar-refractivity contribution in [2.24, 2.45) is 11.8 Å². The van der Waals surface area contributed by atoms with Gasteiger partial charge in [-0.15, -0.1) is 0 Å². The van der Waals surface area contributed by atoms with Crippen molar-refractivity contribution >= 4 is 40.2 Å². The van der Waals surface area contributed by atoms with Gasteiger partial charge >= 0.3 is 0 Å². The number of fused-ring (bicyclic) bond motifs is 1. The summed E-state index contributed by atoms with van der Waals surface area (Å²) in [6.07, 6.45) is 4.55. The molecule has 0 aliphatic carbocycles. The average Bonchev–Trinajstić information content (AvgIpc) is 2.64. The van der Waals surface area contributed by atoms with E-state index in [1.165, 1.54) is 6.42 Å². The minimum atomic E-state index is 0.592. The number of benzene rings is 1. The van der Waals surface area contributed by atoms with Crippen LogP contribution in [-0.2, 0) is 0 Å². The van der Waals surface area contributed by atoms with Gasteiger partial charge in [0.25, 0.3) is 0 Å². The minimum absolute atomic E-state index is 0.592. The maximum atomic E-state index is 6.27. The zero-order valence-corrected chi connectivity index (χ0v) is 16.5. The fourth-order valence-corrected chi connectivity index (χ4v) is 3.89. The van der Waals surface area contributed by atoms with E-state index in [4.69, 9.17) is 16.6 Å². The smallest absolute Gasteiger partial charge is 0.229 e. The largest absolute Gasteiger partial charge is 0.340 e. The number of hydrogen-bond acceptors (Lipinski definition) is 6. The Morgan fingerprint density at radius 1 is 1.07 bits per heavy atom. The van der Waals surface area contributed by atoms with E-state index in [-0.39, 0.29) is 0 Å². The van der Waals surface area contributed by atoms with E-state index in [9.17, 15) is 0 Å². The van der Waals surface area contributed by atoms with Crippen LogP contribution >= 0.6 is 11.6 Å². The van der Waals surface area contributed by atoms with E-state index in [1.807, 2.05) is 25.1 Å². The zero-order chi connectivity index (χ0) is 19.0. The first kappa shape index (κ1) is 17.9. The standard InChI is InChI=1S/C20H23ClN6/c1-12-8-13(2)11-27(10-12)20-25-18-17(22-6-7-23-18)19(26-20)24-15-5-4-14(3)16(21)9-15/h4-7,9,12-13H,8,10-11H2,1-3H3,(H,23,24,25,26). The first-order valence-corrected chi connectivity index (χ1v) is 9.64. The van der Waals surface area contributed by atoms with Gasteiger partial charge in [0.2, 0.25) is 5.95 Å². The van der Waals surface area contributed by atoms with Crippen molar-refractivity contribution < 1.29 is 0 Å². The number of halogens is 1. The highest BCUT2D eigenvalue weighted by Crippen LogP contribution is 2.29. The maximum Gasteiger partial charge on any atom is 0.229 e. The highest BCUT2D eigenvalue weighted by Gasteiger charge is 2.25. The lowest BCUT2D eigenvalue weighted by atomic mass is 9.92. The van der Waals surface area contributed by atoms with Crippen molar-refractivity contribution in [3.05, 3.63) is 41.2 Å². The molecule has 7 heteroatoms. The van der Waals surface area contributed by atoms with Gasteiger partial charge in [0.15, 0.2) is 17.0 Å². The Balaban J connectivity index is 1.75. The summed E-state index contributed by atoms with van der Waals surface area (Å²) in [4.78, 5) is 20.6. The predicted molar refractivity (Wildman–Crippen MR) is 110 cm³/mol. The molecule has 1 saturated heterocycles. The third-order valence-electron chi connectivity index (χ3n) is 4.91. The molecule has 1 aliphatic heterocycles. The molecule has 3 aromatic rings. The highest BCUT2D eigenvalue weighted by atomic mass is 35.5. The summed E-state index contributed by atoms with van der Waals surface area (Å²) in [5.74, 6) is 2.57. The van der Waals surface area contributed by atoms with Crippen LogP contribution in [0.25, 0.3) is 11.2 Å². The molecule has 0 amide bonds. The van der Waals surface area contributed by atoms with Crippen LogP contribution < -0.4 is 10.2 Å². The molecule has 0 radical (unpaired) electrons. The van der Waals surface area contributed by atoms with Crippen LogP contribution in [0.2, 0.25) is 5.02 Å². The molecule has 1 aromatic carbocycles. The van der Waals surface area contributed by atoms with Crippen molar-refractivity contribution in [3.8, 4) is 0 Å². The van der Waals surface area contributed by atoms with Crippen molar-refractivity contribution in [1.82, 2.24) is 19.9 Å². The van der Waals surface area contributed by atoms with E-state index >= 15 is 0 Å². The van der Waals surface area contributed by atoms with Gasteiger partial charge in [0.05, 0.1) is 0 Å². The number of piperidine rings is 1. The van der Waals surface area contributed by atoms with E-state index < -0.39 is 0 Å². The first-order valence-electron chi connectivity index (χ1n) is 9.26. The van der Waals surface area contributed by atoms with Crippen LogP contribution in [0.3, 0.4) is 0 Å². The third kappa shape index (κ3) is 3.81. The molecule has 27 heavy (non-hydrogen) atoms. The zero-order valence-electron chi connectivity index (χ0n) is 15.8. The summed E-state index contributed by atoms with van der Waals surface area (Å²) in [7, 11) is 0. The Labute approximate surface area is 164 Å². The summed E-state index contributed by atoms with van der Waals surface area (Å²) in [6, 6.07) is 5.86. The Hall–Kier alpha value is -2.47. The lowest BCUT2D eigenvalue weighted by Crippen LogP contribution is -2.39. The van der Waals surface area contributed by atoms with E-state index in [0.717, 1.165) is 24.3 Å². The molecule has 1 aliphatic rings. The van der Waals surface area contributed by atoms with Gasteiger partial charge in [-0.05, 0) is 42.9 Å². The Kier molecular flexibility index (Phi) is 4.83. The molecular formula is C20H23ClN6. The van der Waals surface area contributed by atoms with Gasteiger partial charge in [-0.25, -0.2) is 9.97 Å². The molecule has 0 bridgehead atoms. The lowest BCUT2D eigenvalue weighted by molar-refractivity contribution is 0.354. The van der Waals surface area contributed by atoms with Gasteiger partial charge in [-0.2, -0.15) is 9.97 Å². The number of nitrogens with one attached hydrogen (secondary N) is 1. The molecule has 3 heterocycles. The third-order valence-corrected chi connectivity index (χ3v) is 5.31. The SMILES string of the molecule is Cc1ccc(Nc2nc(N3CC(C)CC(C)C3)nc3nccnc23)cc1Cl. The monoisotopic (exact) mass is 382 g/mol. The van der Waals surface area contributed by atoms with Crippen LogP contribution in [0.15, 0.2) is 30.6 Å². The molecule has 6 nitrogen and oxygen atoms in total. The highest BCUT2D eigenvalue weighted by molar-refractivity contribution is 6.31. The lowest BCUT2D eigenvalue weighted by Gasteiger charge is -2.35. The number of anilines is 3. The molecule has 4 rings (SSSR count). The Morgan fingerprint density at radius 2 is 1.81 bits per heavy atom. The molecule has 2 unspecified atom stereocenters. The first-order chi connectivity index (χ1) is 13.0. The fraction of sp³-hybridized carbons (Fsp3) is 0.400. The van der Waals surface area contributed by atoms with E-state index in [0.29, 0.717) is 39.8 Å². The topological polar surface area (TPSA) is 66.8 Å². The Morgan fingerprint density at radius 3 is 2.56 bits per heavy atom. The van der Waals surface area contributed by atoms with Gasteiger partial charge in [0, 0.05) is 36.2 Å². The molecule has 1 fully saturated rings. The summed E-state index contributed by atoms with van der Waals surface area (Å²) < 4.78 is 0. The fourth-order valence-electron chi connectivity index (χ4n) is 3.71. The quantitative estimate of drug-likeness (QED) is 0.713. The number of rotatable bonds is 3. The van der Waals surface area contributed by atoms with Crippen LogP contribution in [0.4, 0.5) is 17.5 Å². The van der Waals surface area contributed by atoms with E-state index in [2.05, 4.69) is 39.0 Å². The second-order valence-corrected chi connectivity index (χ2v) is 7.95. The molecule has 2 aromatic heterocycles. The van der Waals surface area contributed by atoms with Crippen LogP contribution in [0, 0.1) is 18.8 Å². The number of nitrogens with zero attached hydrogens (tertiary/aromatic N) is 5. The van der Waals surface area contributed by atoms with Crippen molar-refractivity contribution in [2.75, 3.05) is 23.3 Å². The second kappa shape index (κ2) is 7.27. The van der Waals surface area contributed by atoms with Crippen LogP contribution in [-0.4, -0.2) is 33.0 Å². The molecule has 0 spiro atoms. The van der Waals surface area contributed by atoms with Crippen LogP contribution in [0.1, 0.15) is 25.8 Å². The van der Waals surface area contributed by atoms with Crippen LogP contribution in [0.5, 0.6) is 0 Å². The summed E-state index contributed by atoms with van der Waals surface area (Å²) in [5.41, 5.74) is 3.14. The van der Waals surface area contributed by atoms with Crippen molar-refractivity contribution in [3.63, 3.8) is 0 Å². The molecule has 1 N–H and O–H groups in total. The second-order valence-electron chi connectivity index (χ2n) is 7.54. The molecular weight excluding hydrogens is 360 g/mol. The number of aromatic nitrogens is 4. The Bertz CT molecular complexity index is 966.